The number of anilines is 2. The van der Waals surface area contributed by atoms with Gasteiger partial charge in [-0.15, -0.1) is 11.3 Å². The minimum Gasteiger partial charge on any atom is -0.505 e. The third kappa shape index (κ3) is 4.66. The first-order chi connectivity index (χ1) is 12.2. The van der Waals surface area contributed by atoms with Gasteiger partial charge in [-0.25, -0.2) is 4.39 Å². The van der Waals surface area contributed by atoms with E-state index in [-0.39, 0.29) is 17.1 Å². The van der Waals surface area contributed by atoms with Gasteiger partial charge in [-0.05, 0) is 37.1 Å². The van der Waals surface area contributed by atoms with Gasteiger partial charge in [-0.3, -0.25) is 4.79 Å². The molecule has 1 heterocycles. The van der Waals surface area contributed by atoms with E-state index >= 15 is 0 Å². The highest BCUT2D eigenvalue weighted by molar-refractivity contribution is 7.18. The summed E-state index contributed by atoms with van der Waals surface area (Å²) in [7, 11) is 0. The zero-order chi connectivity index (χ0) is 20.0. The van der Waals surface area contributed by atoms with Crippen LogP contribution in [0.4, 0.5) is 15.1 Å². The number of hydrogen-bond donors (Lipinski definition) is 5. The van der Waals surface area contributed by atoms with Gasteiger partial charge in [-0.2, -0.15) is 0 Å². The second-order valence-corrected chi connectivity index (χ2v) is 6.41. The third-order valence-corrected chi connectivity index (χ3v) is 4.64. The van der Waals surface area contributed by atoms with E-state index in [1.54, 1.807) is 13.8 Å². The molecule has 1 aromatic carbocycles. The monoisotopic (exact) mass is 380 g/mol. The van der Waals surface area contributed by atoms with Crippen molar-refractivity contribution in [3.8, 4) is 5.75 Å². The predicted octanol–water partition coefficient (Wildman–Crippen LogP) is 3.42. The lowest BCUT2D eigenvalue weighted by Crippen LogP contribution is -2.22. The summed E-state index contributed by atoms with van der Waals surface area (Å²) in [5, 5.41) is 12.2. The number of hydrogen-bond acceptors (Lipinski definition) is 6. The summed E-state index contributed by atoms with van der Waals surface area (Å²) in [6.45, 7) is 7.60. The normalized spacial score (nSPS) is 11.3. The van der Waals surface area contributed by atoms with Crippen LogP contribution in [0.15, 0.2) is 23.9 Å². The molecule has 0 radical (unpaired) electrons. The summed E-state index contributed by atoms with van der Waals surface area (Å²) >= 11 is 1.07. The van der Waals surface area contributed by atoms with Crippen LogP contribution in [0, 0.1) is 5.82 Å². The molecule has 26 heavy (non-hydrogen) atoms. The molecule has 0 unspecified atom stereocenters. The van der Waals surface area contributed by atoms with Crippen LogP contribution in [0.5, 0.6) is 5.75 Å². The Morgan fingerprint density at radius 2 is 1.88 bits per heavy atom. The van der Waals surface area contributed by atoms with Gasteiger partial charge >= 0.3 is 0 Å². The third-order valence-electron chi connectivity index (χ3n) is 3.61. The lowest BCUT2D eigenvalue weighted by molar-refractivity contribution is 0.0955. The van der Waals surface area contributed by atoms with Crippen LogP contribution >= 0.6 is 11.3 Å². The van der Waals surface area contributed by atoms with Crippen LogP contribution in [-0.4, -0.2) is 11.0 Å². The molecule has 2 aromatic rings. The molecule has 0 spiro atoms. The molecule has 1 aromatic heterocycles. The molecule has 0 fully saturated rings. The minimum absolute atomic E-state index is 0.0906. The number of allylic oxidation sites excluding steroid dienone is 2. The van der Waals surface area contributed by atoms with Crippen LogP contribution in [-0.2, 0) is 6.54 Å². The van der Waals surface area contributed by atoms with Crippen molar-refractivity contribution < 1.29 is 14.3 Å². The van der Waals surface area contributed by atoms with E-state index in [4.69, 9.17) is 22.3 Å². The number of phenolic OH excluding ortho intramolecular Hbond substituents is 1. The highest BCUT2D eigenvalue weighted by atomic mass is 32.1. The fraction of sp³-hybridized carbons (Fsp3) is 0.278. The lowest BCUT2D eigenvalue weighted by Gasteiger charge is -2.07. The Morgan fingerprint density at radius 3 is 2.42 bits per heavy atom. The number of rotatable bonds is 4. The average Bonchev–Trinajstić information content (AvgIpc) is 2.91. The van der Waals surface area contributed by atoms with E-state index < -0.39 is 17.5 Å². The van der Waals surface area contributed by atoms with Crippen molar-refractivity contribution in [1.82, 2.24) is 5.32 Å². The molecule has 142 valence electrons. The second-order valence-electron chi connectivity index (χ2n) is 5.36. The molecule has 0 atom stereocenters. The maximum Gasteiger partial charge on any atom is 0.263 e. The van der Waals surface area contributed by atoms with Crippen LogP contribution < -0.4 is 22.5 Å². The number of nitrogens with one attached hydrogen (secondary N) is 1. The molecule has 1 amide bonds. The van der Waals surface area contributed by atoms with E-state index in [2.05, 4.69) is 5.32 Å². The first kappa shape index (κ1) is 21.3. The van der Waals surface area contributed by atoms with Crippen LogP contribution in [0.2, 0.25) is 0 Å². The zero-order valence-corrected chi connectivity index (χ0v) is 16.1. The maximum absolute atomic E-state index is 13.3. The predicted molar refractivity (Wildman–Crippen MR) is 106 cm³/mol. The van der Waals surface area contributed by atoms with Crippen molar-refractivity contribution in [2.75, 3.05) is 11.5 Å². The summed E-state index contributed by atoms with van der Waals surface area (Å²) in [5.74, 6) is -1.60. The molecule has 0 aliphatic rings. The number of thiophene rings is 1. The van der Waals surface area contributed by atoms with Gasteiger partial charge in [0.25, 0.3) is 5.91 Å². The summed E-state index contributed by atoms with van der Waals surface area (Å²) in [6, 6.07) is 3.89. The van der Waals surface area contributed by atoms with Crippen molar-refractivity contribution in [3.63, 3.8) is 0 Å². The van der Waals surface area contributed by atoms with E-state index in [0.29, 0.717) is 21.8 Å². The van der Waals surface area contributed by atoms with Crippen molar-refractivity contribution >= 4 is 33.5 Å². The average molecular weight is 380 g/mol. The number of amides is 1. The zero-order valence-electron chi connectivity index (χ0n) is 15.3. The summed E-state index contributed by atoms with van der Waals surface area (Å²) in [6.07, 6.45) is 0. The summed E-state index contributed by atoms with van der Waals surface area (Å²) in [4.78, 5) is 12.6. The second kappa shape index (κ2) is 9.10. The number of benzene rings is 1. The van der Waals surface area contributed by atoms with E-state index in [1.807, 2.05) is 13.8 Å². The first-order valence-corrected chi connectivity index (χ1v) is 8.90. The van der Waals surface area contributed by atoms with Crippen molar-refractivity contribution in [2.24, 2.45) is 5.73 Å². The highest BCUT2D eigenvalue weighted by Gasteiger charge is 2.21. The molecule has 8 heteroatoms. The maximum atomic E-state index is 13.3. The van der Waals surface area contributed by atoms with Gasteiger partial charge < -0.3 is 27.6 Å². The number of aromatic hydroxyl groups is 1. The Bertz CT molecular complexity index is 827. The largest absolute Gasteiger partial charge is 0.505 e. The van der Waals surface area contributed by atoms with E-state index in [9.17, 15) is 9.18 Å². The Balaban J connectivity index is 0.00000163. The molecule has 0 saturated carbocycles. The fourth-order valence-corrected chi connectivity index (χ4v) is 3.10. The van der Waals surface area contributed by atoms with Crippen LogP contribution in [0.3, 0.4) is 0 Å². The van der Waals surface area contributed by atoms with Gasteiger partial charge in [0.15, 0.2) is 11.6 Å². The molecule has 0 saturated heterocycles. The Labute approximate surface area is 156 Å². The number of halogens is 1. The molecule has 0 bridgehead atoms. The van der Waals surface area contributed by atoms with E-state index in [0.717, 1.165) is 23.0 Å². The summed E-state index contributed by atoms with van der Waals surface area (Å²) in [5.41, 5.74) is 20.4. The van der Waals surface area contributed by atoms with Crippen molar-refractivity contribution in [1.29, 1.82) is 0 Å². The van der Waals surface area contributed by atoms with Gasteiger partial charge in [-0.1, -0.05) is 19.9 Å². The number of nitrogen functional groups attached to an aromatic ring is 2. The van der Waals surface area contributed by atoms with Crippen molar-refractivity contribution in [2.45, 2.75) is 34.2 Å². The molecule has 2 rings (SSSR count). The SMILES string of the molecule is C/C(N)=C(\C)c1c(N)sc(C(=O)NCc2ccc(O)c(F)c2)c1N.CC. The molecule has 0 aliphatic heterocycles. The highest BCUT2D eigenvalue weighted by Crippen LogP contribution is 2.38. The molecule has 8 N–H and O–H groups in total. The molecule has 6 nitrogen and oxygen atoms in total. The number of carbonyl (C=O) groups is 1. The first-order valence-electron chi connectivity index (χ1n) is 8.09. The standard InChI is InChI=1S/C16H19FN4O2S.C2H6/c1-7(8(2)18)12-13(19)14(24-15(12)20)16(23)21-6-9-3-4-11(22)10(17)5-9;1-2/h3-5,22H,6,18-20H2,1-2H3,(H,21,23);1-2H3/b8-7-;. The van der Waals surface area contributed by atoms with Gasteiger partial charge in [0.05, 0.1) is 10.7 Å². The Hall–Kier alpha value is -2.74. The molecule has 0 aliphatic carbocycles. The van der Waals surface area contributed by atoms with Gasteiger partial charge in [0.2, 0.25) is 0 Å². The topological polar surface area (TPSA) is 127 Å². The van der Waals surface area contributed by atoms with Crippen LogP contribution in [0.1, 0.15) is 48.5 Å². The minimum atomic E-state index is -0.747. The number of phenols is 1. The quantitative estimate of drug-likeness (QED) is 0.555. The Morgan fingerprint density at radius 1 is 1.27 bits per heavy atom. The number of carbonyl (C=O) groups excluding carboxylic acids is 1. The van der Waals surface area contributed by atoms with Crippen molar-refractivity contribution in [3.05, 3.63) is 45.7 Å². The summed E-state index contributed by atoms with van der Waals surface area (Å²) < 4.78 is 13.3. The smallest absolute Gasteiger partial charge is 0.263 e. The lowest BCUT2D eigenvalue weighted by atomic mass is 10.1. The molecular formula is C18H25FN4O2S. The van der Waals surface area contributed by atoms with E-state index in [1.165, 1.54) is 12.1 Å². The Kier molecular flexibility index (Phi) is 7.45. The van der Waals surface area contributed by atoms with Gasteiger partial charge in [0, 0.05) is 17.8 Å². The fourth-order valence-electron chi connectivity index (χ4n) is 2.14. The molecular weight excluding hydrogens is 355 g/mol. The van der Waals surface area contributed by atoms with Gasteiger partial charge in [0.1, 0.15) is 4.88 Å². The van der Waals surface area contributed by atoms with Crippen LogP contribution in [0.25, 0.3) is 5.57 Å². The number of nitrogens with two attached hydrogens (primary N) is 3.